The second kappa shape index (κ2) is 8.68. The van der Waals surface area contributed by atoms with Crippen LogP contribution in [0.2, 0.25) is 0 Å². The zero-order valence-corrected chi connectivity index (χ0v) is 14.5. The van der Waals surface area contributed by atoms with E-state index in [4.69, 9.17) is 9.47 Å². The van der Waals surface area contributed by atoms with Gasteiger partial charge in [0.05, 0.1) is 19.9 Å². The summed E-state index contributed by atoms with van der Waals surface area (Å²) in [6.45, 7) is 1.69. The first kappa shape index (κ1) is 18.3. The maximum absolute atomic E-state index is 12.4. The minimum absolute atomic E-state index is 0.0714. The Hall–Kier alpha value is -3.09. The molecule has 0 aliphatic rings. The van der Waals surface area contributed by atoms with Gasteiger partial charge < -0.3 is 19.7 Å². The quantitative estimate of drug-likeness (QED) is 0.832. The molecule has 1 aromatic heterocycles. The fourth-order valence-corrected chi connectivity index (χ4v) is 2.26. The Balaban J connectivity index is 2.08. The molecule has 7 heteroatoms. The Morgan fingerprint density at radius 2 is 1.84 bits per heavy atom. The van der Waals surface area contributed by atoms with Gasteiger partial charge in [0, 0.05) is 31.9 Å². The molecule has 1 aromatic carbocycles. The lowest BCUT2D eigenvalue weighted by Gasteiger charge is -2.21. The first-order valence-corrected chi connectivity index (χ1v) is 7.69. The molecular weight excluding hydrogens is 322 g/mol. The summed E-state index contributed by atoms with van der Waals surface area (Å²) < 4.78 is 10.4. The van der Waals surface area contributed by atoms with Crippen LogP contribution in [0, 0.1) is 0 Å². The van der Waals surface area contributed by atoms with E-state index in [0.29, 0.717) is 23.7 Å². The van der Waals surface area contributed by atoms with E-state index in [1.807, 2.05) is 0 Å². The van der Waals surface area contributed by atoms with Crippen molar-refractivity contribution in [1.82, 2.24) is 9.88 Å². The lowest BCUT2D eigenvalue weighted by molar-refractivity contribution is -0.133. The highest BCUT2D eigenvalue weighted by Crippen LogP contribution is 2.28. The highest BCUT2D eigenvalue weighted by Gasteiger charge is 2.16. The number of carbonyl (C=O) groups is 2. The van der Waals surface area contributed by atoms with Crippen LogP contribution in [0.3, 0.4) is 0 Å². The van der Waals surface area contributed by atoms with Crippen molar-refractivity contribution in [3.8, 4) is 11.5 Å². The summed E-state index contributed by atoms with van der Waals surface area (Å²) in [5.41, 5.74) is 1.39. The lowest BCUT2D eigenvalue weighted by Crippen LogP contribution is -2.36. The molecule has 0 saturated heterocycles. The number of amides is 2. The van der Waals surface area contributed by atoms with Gasteiger partial charge in [-0.1, -0.05) is 0 Å². The number of ether oxygens (including phenoxy) is 2. The van der Waals surface area contributed by atoms with Gasteiger partial charge in [0.15, 0.2) is 0 Å². The molecule has 2 amide bonds. The lowest BCUT2D eigenvalue weighted by atomic mass is 10.2. The predicted molar refractivity (Wildman–Crippen MR) is 93.5 cm³/mol. The molecule has 0 unspecified atom stereocenters. The number of nitrogens with zero attached hydrogens (tertiary/aromatic N) is 2. The van der Waals surface area contributed by atoms with Gasteiger partial charge in [-0.3, -0.25) is 14.6 Å². The Morgan fingerprint density at radius 1 is 1.12 bits per heavy atom. The van der Waals surface area contributed by atoms with Crippen molar-refractivity contribution in [2.24, 2.45) is 0 Å². The molecule has 0 saturated carbocycles. The van der Waals surface area contributed by atoms with Crippen LogP contribution in [-0.4, -0.2) is 42.5 Å². The Labute approximate surface area is 146 Å². The molecule has 0 bridgehead atoms. The van der Waals surface area contributed by atoms with E-state index >= 15 is 0 Å². The number of pyridine rings is 1. The van der Waals surface area contributed by atoms with E-state index in [1.54, 1.807) is 49.8 Å². The number of rotatable bonds is 7. The third-order valence-corrected chi connectivity index (χ3v) is 3.58. The van der Waals surface area contributed by atoms with Crippen LogP contribution in [0.4, 0.5) is 5.69 Å². The number of carbonyl (C=O) groups excluding carboxylic acids is 2. The van der Waals surface area contributed by atoms with Crippen molar-refractivity contribution in [1.29, 1.82) is 0 Å². The summed E-state index contributed by atoms with van der Waals surface area (Å²) in [4.78, 5) is 29.6. The number of anilines is 1. The molecule has 25 heavy (non-hydrogen) atoms. The van der Waals surface area contributed by atoms with E-state index in [9.17, 15) is 9.59 Å². The fourth-order valence-electron chi connectivity index (χ4n) is 2.26. The molecule has 7 nitrogen and oxygen atoms in total. The fraction of sp³-hybridized carbons (Fsp3) is 0.278. The largest absolute Gasteiger partial charge is 0.497 e. The van der Waals surface area contributed by atoms with E-state index in [-0.39, 0.29) is 18.4 Å². The van der Waals surface area contributed by atoms with Crippen molar-refractivity contribution in [2.75, 3.05) is 26.1 Å². The molecular formula is C18H21N3O4. The number of hydrogen-bond acceptors (Lipinski definition) is 5. The topological polar surface area (TPSA) is 80.8 Å². The molecule has 132 valence electrons. The van der Waals surface area contributed by atoms with Crippen LogP contribution in [0.5, 0.6) is 11.5 Å². The molecule has 1 heterocycles. The first-order chi connectivity index (χ1) is 12.0. The summed E-state index contributed by atoms with van der Waals surface area (Å²) in [5, 5.41) is 2.76. The van der Waals surface area contributed by atoms with Gasteiger partial charge in [0.2, 0.25) is 11.8 Å². The normalized spacial score (nSPS) is 10.0. The molecule has 1 N–H and O–H groups in total. The van der Waals surface area contributed by atoms with Gasteiger partial charge in [-0.2, -0.15) is 0 Å². The summed E-state index contributed by atoms with van der Waals surface area (Å²) in [7, 11) is 3.06. The second-order valence-electron chi connectivity index (χ2n) is 5.34. The van der Waals surface area contributed by atoms with E-state index in [2.05, 4.69) is 10.3 Å². The number of aromatic nitrogens is 1. The van der Waals surface area contributed by atoms with Crippen molar-refractivity contribution >= 4 is 17.5 Å². The van der Waals surface area contributed by atoms with Crippen LogP contribution < -0.4 is 14.8 Å². The maximum Gasteiger partial charge on any atom is 0.244 e. The molecule has 0 aliphatic heterocycles. The number of benzene rings is 1. The van der Waals surface area contributed by atoms with Crippen LogP contribution in [0.25, 0.3) is 0 Å². The molecule has 0 aliphatic carbocycles. The molecule has 0 radical (unpaired) electrons. The van der Waals surface area contributed by atoms with Gasteiger partial charge in [0.25, 0.3) is 0 Å². The highest BCUT2D eigenvalue weighted by molar-refractivity contribution is 5.95. The Bertz CT molecular complexity index is 734. The monoisotopic (exact) mass is 343 g/mol. The van der Waals surface area contributed by atoms with E-state index in [1.165, 1.54) is 18.9 Å². The van der Waals surface area contributed by atoms with Crippen molar-refractivity contribution in [3.63, 3.8) is 0 Å². The minimum atomic E-state index is -0.323. The molecule has 0 spiro atoms. The van der Waals surface area contributed by atoms with Gasteiger partial charge >= 0.3 is 0 Å². The summed E-state index contributed by atoms with van der Waals surface area (Å²) >= 11 is 0. The summed E-state index contributed by atoms with van der Waals surface area (Å²) in [6.07, 6.45) is 3.30. The van der Waals surface area contributed by atoms with Gasteiger partial charge in [-0.05, 0) is 29.8 Å². The van der Waals surface area contributed by atoms with Crippen LogP contribution in [-0.2, 0) is 16.1 Å². The van der Waals surface area contributed by atoms with Crippen LogP contribution in [0.1, 0.15) is 12.5 Å². The third kappa shape index (κ3) is 5.20. The Kier molecular flexibility index (Phi) is 6.33. The van der Waals surface area contributed by atoms with Crippen molar-refractivity contribution in [3.05, 3.63) is 48.3 Å². The minimum Gasteiger partial charge on any atom is -0.497 e. The highest BCUT2D eigenvalue weighted by atomic mass is 16.5. The molecule has 2 aromatic rings. The van der Waals surface area contributed by atoms with E-state index in [0.717, 1.165) is 5.56 Å². The average Bonchev–Trinajstić information content (AvgIpc) is 2.61. The zero-order valence-electron chi connectivity index (χ0n) is 14.5. The van der Waals surface area contributed by atoms with Crippen molar-refractivity contribution < 1.29 is 19.1 Å². The smallest absolute Gasteiger partial charge is 0.244 e. The van der Waals surface area contributed by atoms with Crippen LogP contribution >= 0.6 is 0 Å². The molecule has 2 rings (SSSR count). The average molecular weight is 343 g/mol. The predicted octanol–water partition coefficient (Wildman–Crippen LogP) is 2.09. The zero-order chi connectivity index (χ0) is 18.2. The third-order valence-electron chi connectivity index (χ3n) is 3.58. The molecule has 0 fully saturated rings. The molecule has 0 atom stereocenters. The standard InChI is InChI=1S/C18H21N3O4/c1-13(22)21(11-14-6-8-19-9-7-14)12-18(23)20-16-10-15(24-2)4-5-17(16)25-3/h4-10H,11-12H2,1-3H3,(H,20,23). The Morgan fingerprint density at radius 3 is 2.44 bits per heavy atom. The second-order valence-corrected chi connectivity index (χ2v) is 5.34. The number of hydrogen-bond donors (Lipinski definition) is 1. The summed E-state index contributed by atoms with van der Waals surface area (Å²) in [5.74, 6) is 0.592. The SMILES string of the molecule is COc1ccc(OC)c(NC(=O)CN(Cc2ccncc2)C(C)=O)c1. The summed E-state index contributed by atoms with van der Waals surface area (Å²) in [6, 6.07) is 8.71. The van der Waals surface area contributed by atoms with E-state index < -0.39 is 0 Å². The number of methoxy groups -OCH3 is 2. The first-order valence-electron chi connectivity index (χ1n) is 7.69. The van der Waals surface area contributed by atoms with Crippen LogP contribution in [0.15, 0.2) is 42.7 Å². The maximum atomic E-state index is 12.4. The van der Waals surface area contributed by atoms with Gasteiger partial charge in [-0.15, -0.1) is 0 Å². The van der Waals surface area contributed by atoms with Gasteiger partial charge in [0.1, 0.15) is 18.0 Å². The number of nitrogens with one attached hydrogen (secondary N) is 1. The van der Waals surface area contributed by atoms with Gasteiger partial charge in [-0.25, -0.2) is 0 Å². The van der Waals surface area contributed by atoms with Crippen molar-refractivity contribution in [2.45, 2.75) is 13.5 Å².